The fourth-order valence-corrected chi connectivity index (χ4v) is 2.61. The van der Waals surface area contributed by atoms with Crippen LogP contribution in [0.3, 0.4) is 0 Å². The van der Waals surface area contributed by atoms with E-state index in [9.17, 15) is 4.79 Å². The van der Waals surface area contributed by atoms with E-state index < -0.39 is 0 Å². The van der Waals surface area contributed by atoms with Crippen LogP contribution in [0, 0.1) is 0 Å². The Kier molecular flexibility index (Phi) is 7.80. The predicted molar refractivity (Wildman–Crippen MR) is 83.4 cm³/mol. The number of benzene rings is 1. The van der Waals surface area contributed by atoms with Crippen LogP contribution < -0.4 is 4.74 Å². The lowest BCUT2D eigenvalue weighted by Gasteiger charge is -2.09. The number of methoxy groups -OCH3 is 1. The molecule has 0 radical (unpaired) electrons. The highest BCUT2D eigenvalue weighted by Crippen LogP contribution is 2.19. The van der Waals surface area contributed by atoms with Crippen LogP contribution in [0.5, 0.6) is 5.75 Å². The number of unbranched alkanes of at least 4 members (excludes halogenated alkanes) is 3. The molecule has 0 bridgehead atoms. The molecule has 1 rings (SSSR count). The quantitative estimate of drug-likeness (QED) is 0.362. The minimum Gasteiger partial charge on any atom is -0.497 e. The zero-order valence-electron chi connectivity index (χ0n) is 11.8. The average molecular weight is 327 g/mol. The van der Waals surface area contributed by atoms with Gasteiger partial charge in [-0.3, -0.25) is 4.79 Å². The van der Waals surface area contributed by atoms with Crippen LogP contribution in [0.25, 0.3) is 0 Å². The summed E-state index contributed by atoms with van der Waals surface area (Å²) in [5.74, 6) is 0.978. The third kappa shape index (κ3) is 6.24. The molecule has 0 amide bonds. The standard InChI is InChI=1S/C16H23BrO2/c1-3-4-5-6-7-14(17)12-16(18)13-8-10-15(19-2)11-9-13/h8-11,14H,3-7,12H2,1-2H3. The lowest BCUT2D eigenvalue weighted by molar-refractivity contribution is 0.0981. The third-order valence-corrected chi connectivity index (χ3v) is 3.97. The second kappa shape index (κ2) is 9.13. The minimum atomic E-state index is 0.194. The van der Waals surface area contributed by atoms with Gasteiger partial charge in [0.15, 0.2) is 5.78 Å². The first-order chi connectivity index (χ1) is 9.17. The molecular formula is C16H23BrO2. The lowest BCUT2D eigenvalue weighted by atomic mass is 10.0. The van der Waals surface area contributed by atoms with Gasteiger partial charge in [-0.2, -0.15) is 0 Å². The normalized spacial score (nSPS) is 12.2. The molecule has 19 heavy (non-hydrogen) atoms. The molecule has 0 saturated heterocycles. The lowest BCUT2D eigenvalue weighted by Crippen LogP contribution is -2.08. The molecule has 1 aromatic carbocycles. The molecule has 1 atom stereocenters. The number of hydrogen-bond donors (Lipinski definition) is 0. The van der Waals surface area contributed by atoms with Gasteiger partial charge >= 0.3 is 0 Å². The van der Waals surface area contributed by atoms with E-state index >= 15 is 0 Å². The summed E-state index contributed by atoms with van der Waals surface area (Å²) in [6, 6.07) is 7.32. The molecule has 106 valence electrons. The third-order valence-electron chi connectivity index (χ3n) is 3.19. The van der Waals surface area contributed by atoms with Crippen molar-refractivity contribution in [2.45, 2.75) is 50.3 Å². The van der Waals surface area contributed by atoms with Crippen molar-refractivity contribution >= 4 is 21.7 Å². The number of rotatable bonds is 9. The number of Topliss-reactive ketones (excluding diaryl/α,β-unsaturated/α-hetero) is 1. The summed E-state index contributed by atoms with van der Waals surface area (Å²) in [6.45, 7) is 2.21. The Bertz CT molecular complexity index is 373. The Hall–Kier alpha value is -0.830. The Balaban J connectivity index is 2.36. The number of ether oxygens (including phenoxy) is 1. The number of ketones is 1. The van der Waals surface area contributed by atoms with E-state index in [1.54, 1.807) is 7.11 Å². The Labute approximate surface area is 124 Å². The van der Waals surface area contributed by atoms with E-state index in [1.165, 1.54) is 25.7 Å². The maximum Gasteiger partial charge on any atom is 0.163 e. The molecule has 3 heteroatoms. The maximum absolute atomic E-state index is 12.1. The molecule has 0 saturated carbocycles. The van der Waals surface area contributed by atoms with Crippen molar-refractivity contribution in [3.05, 3.63) is 29.8 Å². The van der Waals surface area contributed by atoms with E-state index in [-0.39, 0.29) is 5.78 Å². The second-order valence-electron chi connectivity index (χ2n) is 4.80. The van der Waals surface area contributed by atoms with Crippen molar-refractivity contribution in [2.75, 3.05) is 7.11 Å². The van der Waals surface area contributed by atoms with E-state index in [0.29, 0.717) is 11.2 Å². The first-order valence-corrected chi connectivity index (χ1v) is 7.90. The summed E-state index contributed by atoms with van der Waals surface area (Å²) in [5.41, 5.74) is 0.763. The molecule has 0 N–H and O–H groups in total. The van der Waals surface area contributed by atoms with Gasteiger partial charge in [0.05, 0.1) is 7.11 Å². The van der Waals surface area contributed by atoms with Gasteiger partial charge in [-0.25, -0.2) is 0 Å². The molecule has 0 aliphatic heterocycles. The minimum absolute atomic E-state index is 0.194. The van der Waals surface area contributed by atoms with Gasteiger partial charge in [0.1, 0.15) is 5.75 Å². The predicted octanol–water partition coefficient (Wildman–Crippen LogP) is 5.00. The molecule has 0 aliphatic carbocycles. The summed E-state index contributed by atoms with van der Waals surface area (Å²) in [5, 5.41) is 0. The van der Waals surface area contributed by atoms with Gasteiger partial charge in [-0.1, -0.05) is 48.5 Å². The van der Waals surface area contributed by atoms with E-state index in [4.69, 9.17) is 4.74 Å². The summed E-state index contributed by atoms with van der Waals surface area (Å²) >= 11 is 3.61. The smallest absolute Gasteiger partial charge is 0.163 e. The average Bonchev–Trinajstić information content (AvgIpc) is 2.43. The number of halogens is 1. The first kappa shape index (κ1) is 16.2. The van der Waals surface area contributed by atoms with Gasteiger partial charge in [0.2, 0.25) is 0 Å². The first-order valence-electron chi connectivity index (χ1n) is 6.98. The van der Waals surface area contributed by atoms with E-state index in [1.807, 2.05) is 24.3 Å². The zero-order chi connectivity index (χ0) is 14.1. The van der Waals surface area contributed by atoms with Crippen molar-refractivity contribution in [2.24, 2.45) is 0 Å². The van der Waals surface area contributed by atoms with Gasteiger partial charge in [-0.05, 0) is 30.7 Å². The van der Waals surface area contributed by atoms with Crippen LogP contribution in [0.4, 0.5) is 0 Å². The summed E-state index contributed by atoms with van der Waals surface area (Å²) in [7, 11) is 1.63. The summed E-state index contributed by atoms with van der Waals surface area (Å²) in [6.07, 6.45) is 6.62. The fourth-order valence-electron chi connectivity index (χ4n) is 1.99. The van der Waals surface area contributed by atoms with E-state index in [0.717, 1.165) is 17.7 Å². The van der Waals surface area contributed by atoms with Gasteiger partial charge in [-0.15, -0.1) is 0 Å². The topological polar surface area (TPSA) is 26.3 Å². The molecule has 0 heterocycles. The van der Waals surface area contributed by atoms with E-state index in [2.05, 4.69) is 22.9 Å². The summed E-state index contributed by atoms with van der Waals surface area (Å²) < 4.78 is 5.09. The molecule has 1 unspecified atom stereocenters. The van der Waals surface area contributed by atoms with Gasteiger partial charge < -0.3 is 4.74 Å². The highest BCUT2D eigenvalue weighted by atomic mass is 79.9. The van der Waals surface area contributed by atoms with Crippen LogP contribution in [0.1, 0.15) is 55.8 Å². The highest BCUT2D eigenvalue weighted by Gasteiger charge is 2.12. The van der Waals surface area contributed by atoms with Crippen LogP contribution >= 0.6 is 15.9 Å². The van der Waals surface area contributed by atoms with Crippen molar-refractivity contribution in [1.82, 2.24) is 0 Å². The maximum atomic E-state index is 12.1. The fraction of sp³-hybridized carbons (Fsp3) is 0.562. The largest absolute Gasteiger partial charge is 0.497 e. The molecule has 0 fully saturated rings. The molecule has 2 nitrogen and oxygen atoms in total. The highest BCUT2D eigenvalue weighted by molar-refractivity contribution is 9.09. The molecule has 0 aliphatic rings. The second-order valence-corrected chi connectivity index (χ2v) is 6.10. The van der Waals surface area contributed by atoms with Crippen LogP contribution in [-0.4, -0.2) is 17.7 Å². The molecule has 1 aromatic rings. The zero-order valence-corrected chi connectivity index (χ0v) is 13.4. The van der Waals surface area contributed by atoms with Gasteiger partial charge in [0.25, 0.3) is 0 Å². The molecule has 0 aromatic heterocycles. The Morgan fingerprint density at radius 3 is 2.47 bits per heavy atom. The number of carbonyl (C=O) groups excluding carboxylic acids is 1. The van der Waals surface area contributed by atoms with Crippen LogP contribution in [0.15, 0.2) is 24.3 Å². The van der Waals surface area contributed by atoms with Crippen LogP contribution in [0.2, 0.25) is 0 Å². The number of carbonyl (C=O) groups is 1. The van der Waals surface area contributed by atoms with Gasteiger partial charge in [0, 0.05) is 16.8 Å². The van der Waals surface area contributed by atoms with Crippen molar-refractivity contribution < 1.29 is 9.53 Å². The SMILES string of the molecule is CCCCCCC(Br)CC(=O)c1ccc(OC)cc1. The van der Waals surface area contributed by atoms with Crippen molar-refractivity contribution in [1.29, 1.82) is 0 Å². The number of hydrogen-bond acceptors (Lipinski definition) is 2. The van der Waals surface area contributed by atoms with Crippen molar-refractivity contribution in [3.63, 3.8) is 0 Å². The Morgan fingerprint density at radius 1 is 1.21 bits per heavy atom. The molecule has 0 spiro atoms. The summed E-state index contributed by atoms with van der Waals surface area (Å²) in [4.78, 5) is 12.4. The Morgan fingerprint density at radius 2 is 1.89 bits per heavy atom. The van der Waals surface area contributed by atoms with Crippen LogP contribution in [-0.2, 0) is 0 Å². The molecular weight excluding hydrogens is 304 g/mol. The number of alkyl halides is 1. The van der Waals surface area contributed by atoms with Crippen molar-refractivity contribution in [3.8, 4) is 5.75 Å². The monoisotopic (exact) mass is 326 g/mol.